The van der Waals surface area contributed by atoms with Crippen molar-refractivity contribution < 1.29 is 9.00 Å². The summed E-state index contributed by atoms with van der Waals surface area (Å²) < 4.78 is 13.2. The second-order valence-electron chi connectivity index (χ2n) is 9.43. The fraction of sp³-hybridized carbons (Fsp3) is 0.387. The lowest BCUT2D eigenvalue weighted by Crippen LogP contribution is -2.40. The second-order valence-corrected chi connectivity index (χ2v) is 11.7. The molecule has 3 aromatic carbocycles. The van der Waals surface area contributed by atoms with Crippen molar-refractivity contribution in [2.45, 2.75) is 56.8 Å². The number of amides is 1. The molecule has 0 fully saturated rings. The van der Waals surface area contributed by atoms with E-state index >= 15 is 0 Å². The van der Waals surface area contributed by atoms with Crippen LogP contribution in [0, 0.1) is 5.92 Å². The van der Waals surface area contributed by atoms with E-state index < -0.39 is 10.8 Å². The van der Waals surface area contributed by atoms with E-state index in [2.05, 4.69) is 55.5 Å². The third-order valence-electron chi connectivity index (χ3n) is 6.55. The Morgan fingerprint density at radius 1 is 0.811 bits per heavy atom. The molecule has 0 aliphatic carbocycles. The fourth-order valence-corrected chi connectivity index (χ4v) is 6.15. The highest BCUT2D eigenvalue weighted by atomic mass is 35.5. The minimum Gasteiger partial charge on any atom is -0.342 e. The first-order chi connectivity index (χ1) is 18.0. The van der Waals surface area contributed by atoms with Crippen LogP contribution in [0.15, 0.2) is 83.8 Å². The molecule has 6 heteroatoms. The monoisotopic (exact) mass is 557 g/mol. The quantitative estimate of drug-likeness (QED) is 0.190. The standard InChI is InChI=1S/C31H37Cl2NO2S/c1-2-3-18-27(24-37(36)28-19-20-29(32)30(33)23-28)31(35)34(21-10-16-25-12-6-4-7-13-25)22-11-17-26-14-8-5-9-15-26/h4-9,12-15,19-20,23,27H,2-3,10-11,16-18,21-22,24H2,1H3. The van der Waals surface area contributed by atoms with Crippen LogP contribution in [0.3, 0.4) is 0 Å². The van der Waals surface area contributed by atoms with Gasteiger partial charge in [0.15, 0.2) is 0 Å². The zero-order valence-corrected chi connectivity index (χ0v) is 23.9. The van der Waals surface area contributed by atoms with Crippen LogP contribution in [-0.2, 0) is 28.4 Å². The largest absolute Gasteiger partial charge is 0.342 e. The van der Waals surface area contributed by atoms with E-state index in [0.717, 1.165) is 44.9 Å². The van der Waals surface area contributed by atoms with Gasteiger partial charge >= 0.3 is 0 Å². The van der Waals surface area contributed by atoms with E-state index in [1.54, 1.807) is 18.2 Å². The maximum absolute atomic E-state index is 13.9. The Balaban J connectivity index is 1.70. The molecule has 2 unspecified atom stereocenters. The van der Waals surface area contributed by atoms with Gasteiger partial charge in [0.1, 0.15) is 0 Å². The van der Waals surface area contributed by atoms with Gasteiger partial charge in [-0.05, 0) is 61.4 Å². The van der Waals surface area contributed by atoms with E-state index in [9.17, 15) is 9.00 Å². The Bertz CT molecular complexity index is 1080. The van der Waals surface area contributed by atoms with E-state index in [0.29, 0.717) is 33.8 Å². The number of carbonyl (C=O) groups excluding carboxylic acids is 1. The molecule has 198 valence electrons. The highest BCUT2D eigenvalue weighted by Gasteiger charge is 2.26. The van der Waals surface area contributed by atoms with Crippen LogP contribution in [0.4, 0.5) is 0 Å². The Hall–Kier alpha value is -2.14. The average Bonchev–Trinajstić information content (AvgIpc) is 2.92. The van der Waals surface area contributed by atoms with Crippen molar-refractivity contribution in [2.75, 3.05) is 18.8 Å². The number of carbonyl (C=O) groups is 1. The maximum Gasteiger partial charge on any atom is 0.226 e. The van der Waals surface area contributed by atoms with Gasteiger partial charge in [0, 0.05) is 29.7 Å². The highest BCUT2D eigenvalue weighted by molar-refractivity contribution is 7.85. The summed E-state index contributed by atoms with van der Waals surface area (Å²) in [5.74, 6) is 0.122. The number of benzene rings is 3. The molecule has 0 aliphatic heterocycles. The summed E-state index contributed by atoms with van der Waals surface area (Å²) in [6.07, 6.45) is 6.31. The van der Waals surface area contributed by atoms with Crippen molar-refractivity contribution in [3.05, 3.63) is 100 Å². The molecule has 3 rings (SSSR count). The predicted octanol–water partition coefficient (Wildman–Crippen LogP) is 8.00. The van der Waals surface area contributed by atoms with Crippen LogP contribution in [-0.4, -0.2) is 33.9 Å². The molecule has 1 amide bonds. The first-order valence-corrected chi connectivity index (χ1v) is 15.3. The molecule has 0 saturated carbocycles. The van der Waals surface area contributed by atoms with Gasteiger partial charge in [0.05, 0.1) is 20.8 Å². The number of halogens is 2. The SMILES string of the molecule is CCCCC(CS(=O)c1ccc(Cl)c(Cl)c1)C(=O)N(CCCc1ccccc1)CCCc1ccccc1. The van der Waals surface area contributed by atoms with Gasteiger partial charge in [-0.25, -0.2) is 0 Å². The van der Waals surface area contributed by atoms with Crippen LogP contribution < -0.4 is 0 Å². The molecule has 0 saturated heterocycles. The Morgan fingerprint density at radius 2 is 1.38 bits per heavy atom. The zero-order chi connectivity index (χ0) is 26.5. The number of rotatable bonds is 15. The van der Waals surface area contributed by atoms with Gasteiger partial charge in [0.25, 0.3) is 0 Å². The third kappa shape index (κ3) is 9.92. The Morgan fingerprint density at radius 3 is 1.89 bits per heavy atom. The molecule has 2 atom stereocenters. The van der Waals surface area contributed by atoms with Crippen LogP contribution in [0.25, 0.3) is 0 Å². The molecule has 0 bridgehead atoms. The van der Waals surface area contributed by atoms with E-state index in [4.69, 9.17) is 23.2 Å². The summed E-state index contributed by atoms with van der Waals surface area (Å²) in [6.45, 7) is 3.52. The van der Waals surface area contributed by atoms with Gasteiger partial charge in [-0.2, -0.15) is 0 Å². The molecule has 37 heavy (non-hydrogen) atoms. The summed E-state index contributed by atoms with van der Waals surface area (Å²) >= 11 is 12.2. The predicted molar refractivity (Wildman–Crippen MR) is 157 cm³/mol. The normalized spacial score (nSPS) is 12.7. The van der Waals surface area contributed by atoms with Gasteiger partial charge in [-0.3, -0.25) is 9.00 Å². The molecular weight excluding hydrogens is 521 g/mol. The molecule has 3 aromatic rings. The van der Waals surface area contributed by atoms with Crippen molar-refractivity contribution in [3.8, 4) is 0 Å². The number of unbranched alkanes of at least 4 members (excludes halogenated alkanes) is 1. The van der Waals surface area contributed by atoms with Gasteiger partial charge < -0.3 is 4.90 Å². The first kappa shape index (κ1) is 29.4. The number of nitrogens with zero attached hydrogens (tertiary/aromatic N) is 1. The Kier molecular flexibility index (Phi) is 12.7. The van der Waals surface area contributed by atoms with Crippen molar-refractivity contribution in [3.63, 3.8) is 0 Å². The molecule has 0 radical (unpaired) electrons. The summed E-state index contributed by atoms with van der Waals surface area (Å²) in [7, 11) is -1.33. The lowest BCUT2D eigenvalue weighted by molar-refractivity contribution is -0.135. The minimum absolute atomic E-state index is 0.114. The smallest absolute Gasteiger partial charge is 0.226 e. The Labute approximate surface area is 234 Å². The lowest BCUT2D eigenvalue weighted by Gasteiger charge is -2.28. The van der Waals surface area contributed by atoms with Crippen molar-refractivity contribution in [1.82, 2.24) is 4.90 Å². The van der Waals surface area contributed by atoms with Crippen molar-refractivity contribution >= 4 is 39.9 Å². The van der Waals surface area contributed by atoms with Gasteiger partial charge in [0.2, 0.25) is 5.91 Å². The first-order valence-electron chi connectivity index (χ1n) is 13.2. The topological polar surface area (TPSA) is 37.4 Å². The molecule has 0 spiro atoms. The zero-order valence-electron chi connectivity index (χ0n) is 21.6. The average molecular weight is 559 g/mol. The minimum atomic E-state index is -1.33. The summed E-state index contributed by atoms with van der Waals surface area (Å²) in [5.41, 5.74) is 2.56. The molecule has 0 heterocycles. The number of aryl methyl sites for hydroxylation is 2. The van der Waals surface area contributed by atoms with Gasteiger partial charge in [-0.1, -0.05) is 104 Å². The summed E-state index contributed by atoms with van der Waals surface area (Å²) in [4.78, 5) is 16.5. The molecule has 0 aromatic heterocycles. The van der Waals surface area contributed by atoms with Crippen LogP contribution >= 0.6 is 23.2 Å². The molecular formula is C31H37Cl2NO2S. The molecule has 0 N–H and O–H groups in total. The maximum atomic E-state index is 13.9. The van der Waals surface area contributed by atoms with E-state index in [1.165, 1.54) is 11.1 Å². The third-order valence-corrected chi connectivity index (χ3v) is 8.77. The molecule has 3 nitrogen and oxygen atoms in total. The number of hydrogen-bond acceptors (Lipinski definition) is 2. The second kappa shape index (κ2) is 16.0. The van der Waals surface area contributed by atoms with E-state index in [1.807, 2.05) is 17.0 Å². The van der Waals surface area contributed by atoms with Crippen LogP contribution in [0.1, 0.15) is 50.2 Å². The van der Waals surface area contributed by atoms with Crippen molar-refractivity contribution in [2.24, 2.45) is 5.92 Å². The van der Waals surface area contributed by atoms with Crippen LogP contribution in [0.2, 0.25) is 10.0 Å². The highest BCUT2D eigenvalue weighted by Crippen LogP contribution is 2.26. The summed E-state index contributed by atoms with van der Waals surface area (Å²) in [5, 5.41) is 0.816. The van der Waals surface area contributed by atoms with Crippen molar-refractivity contribution in [1.29, 1.82) is 0 Å². The van der Waals surface area contributed by atoms with E-state index in [-0.39, 0.29) is 11.8 Å². The fourth-order valence-electron chi connectivity index (χ4n) is 4.45. The molecule has 0 aliphatic rings. The number of hydrogen-bond donors (Lipinski definition) is 0. The van der Waals surface area contributed by atoms with Gasteiger partial charge in [-0.15, -0.1) is 0 Å². The van der Waals surface area contributed by atoms with Crippen LogP contribution in [0.5, 0.6) is 0 Å². The summed E-state index contributed by atoms with van der Waals surface area (Å²) in [6, 6.07) is 25.8. The lowest BCUT2D eigenvalue weighted by atomic mass is 10.0.